The molecule has 3 heteroatoms. The zero-order chi connectivity index (χ0) is 18.2. The Balaban J connectivity index is 2.41. The van der Waals surface area contributed by atoms with E-state index in [0.29, 0.717) is 0 Å². The Bertz CT molecular complexity index is 559. The van der Waals surface area contributed by atoms with Crippen LogP contribution in [-0.4, -0.2) is 23.8 Å². The number of esters is 1. The highest BCUT2D eigenvalue weighted by Gasteiger charge is 2.57. The average Bonchev–Trinajstić information content (AvgIpc) is 2.53. The number of rotatable bonds is 4. The van der Waals surface area contributed by atoms with Crippen LogP contribution in [0.4, 0.5) is 0 Å². The van der Waals surface area contributed by atoms with Gasteiger partial charge in [0.25, 0.3) is 0 Å². The molecule has 3 nitrogen and oxygen atoms in total. The first kappa shape index (κ1) is 19.0. The number of allylic oxidation sites excluding steroid dienone is 2. The second-order valence-electron chi connectivity index (χ2n) is 8.28. The van der Waals surface area contributed by atoms with Gasteiger partial charge in [0.15, 0.2) is 0 Å². The van der Waals surface area contributed by atoms with Crippen LogP contribution in [0, 0.1) is 22.7 Å². The number of carbonyl (C=O) groups is 1. The molecule has 0 heterocycles. The Hall–Kier alpha value is -1.35. The summed E-state index contributed by atoms with van der Waals surface area (Å²) in [6.07, 6.45) is 10.3. The molecular formula is C21H32O3. The fourth-order valence-corrected chi connectivity index (χ4v) is 5.08. The van der Waals surface area contributed by atoms with Crippen LogP contribution in [-0.2, 0) is 9.53 Å². The molecule has 0 saturated heterocycles. The molecule has 2 fully saturated rings. The molecule has 0 unspecified atom stereocenters. The van der Waals surface area contributed by atoms with E-state index in [-0.39, 0.29) is 23.2 Å². The van der Waals surface area contributed by atoms with E-state index in [0.717, 1.165) is 32.1 Å². The van der Waals surface area contributed by atoms with Crippen LogP contribution >= 0.6 is 0 Å². The van der Waals surface area contributed by atoms with Gasteiger partial charge in [-0.25, -0.2) is 0 Å². The summed E-state index contributed by atoms with van der Waals surface area (Å²) >= 11 is 0. The first-order chi connectivity index (χ1) is 11.1. The van der Waals surface area contributed by atoms with Crippen LogP contribution < -0.4 is 0 Å². The summed E-state index contributed by atoms with van der Waals surface area (Å²) in [4.78, 5) is 12.5. The lowest BCUT2D eigenvalue weighted by molar-refractivity contribution is -0.166. The van der Waals surface area contributed by atoms with Gasteiger partial charge in [-0.3, -0.25) is 4.79 Å². The van der Waals surface area contributed by atoms with Crippen LogP contribution in [0.15, 0.2) is 37.0 Å². The van der Waals surface area contributed by atoms with Gasteiger partial charge in [0, 0.05) is 5.92 Å². The predicted molar refractivity (Wildman–Crippen MR) is 97.4 cm³/mol. The number of methoxy groups -OCH3 is 1. The SMILES string of the molecule is C=C[C@](C)(O)/C=C/[C@H]1C(=C)CC[C@H]2[C@]1(C)CCC[C@]2(C)C(=O)OC. The first-order valence-electron chi connectivity index (χ1n) is 8.92. The highest BCUT2D eigenvalue weighted by molar-refractivity contribution is 5.77. The van der Waals surface area contributed by atoms with Gasteiger partial charge >= 0.3 is 5.97 Å². The van der Waals surface area contributed by atoms with Crippen molar-refractivity contribution in [3.8, 4) is 0 Å². The standard InChI is InChI=1S/C21H32O3/c1-7-19(3,23)14-11-16-15(2)9-10-17-20(16,4)12-8-13-21(17,5)18(22)24-6/h7,11,14,16-17,23H,1-2,8-10,12-13H2,3-6H3/b14-11+/t16-,17-,19-,20+,21-/m0/s1. The van der Waals surface area contributed by atoms with E-state index in [2.05, 4.69) is 33.1 Å². The first-order valence-corrected chi connectivity index (χ1v) is 8.92. The fraction of sp³-hybridized carbons (Fsp3) is 0.667. The van der Waals surface area contributed by atoms with Crippen LogP contribution in [0.25, 0.3) is 0 Å². The maximum absolute atomic E-state index is 12.5. The summed E-state index contributed by atoms with van der Waals surface area (Å²) in [5, 5.41) is 10.2. The Morgan fingerprint density at radius 3 is 2.67 bits per heavy atom. The van der Waals surface area contributed by atoms with Crippen molar-refractivity contribution in [2.45, 2.75) is 58.5 Å². The quantitative estimate of drug-likeness (QED) is 0.612. The molecule has 0 radical (unpaired) electrons. The molecule has 1 N–H and O–H groups in total. The number of fused-ring (bicyclic) bond motifs is 1. The maximum atomic E-state index is 12.5. The lowest BCUT2D eigenvalue weighted by atomic mass is 9.47. The summed E-state index contributed by atoms with van der Waals surface area (Å²) < 4.78 is 5.15. The molecule has 134 valence electrons. The van der Waals surface area contributed by atoms with Crippen molar-refractivity contribution in [1.29, 1.82) is 0 Å². The zero-order valence-electron chi connectivity index (χ0n) is 15.6. The number of ether oxygens (including phenoxy) is 1. The van der Waals surface area contributed by atoms with Gasteiger partial charge in [-0.05, 0) is 50.9 Å². The third kappa shape index (κ3) is 3.11. The van der Waals surface area contributed by atoms with E-state index in [1.807, 2.05) is 6.08 Å². The fourth-order valence-electron chi connectivity index (χ4n) is 5.08. The van der Waals surface area contributed by atoms with Gasteiger partial charge in [0.1, 0.15) is 0 Å². The van der Waals surface area contributed by atoms with Crippen molar-refractivity contribution < 1.29 is 14.6 Å². The summed E-state index contributed by atoms with van der Waals surface area (Å²) in [7, 11) is 1.49. The molecule has 2 saturated carbocycles. The van der Waals surface area contributed by atoms with Gasteiger partial charge < -0.3 is 9.84 Å². The smallest absolute Gasteiger partial charge is 0.311 e. The Morgan fingerprint density at radius 1 is 1.42 bits per heavy atom. The minimum Gasteiger partial charge on any atom is -0.469 e. The Kier molecular flexibility index (Phi) is 5.15. The maximum Gasteiger partial charge on any atom is 0.311 e. The molecule has 0 amide bonds. The monoisotopic (exact) mass is 332 g/mol. The number of aliphatic hydroxyl groups is 1. The molecule has 5 atom stereocenters. The largest absolute Gasteiger partial charge is 0.469 e. The third-order valence-corrected chi connectivity index (χ3v) is 6.57. The van der Waals surface area contributed by atoms with Crippen LogP contribution in [0.3, 0.4) is 0 Å². The average molecular weight is 332 g/mol. The van der Waals surface area contributed by atoms with Crippen molar-refractivity contribution >= 4 is 5.97 Å². The van der Waals surface area contributed by atoms with Gasteiger partial charge in [0.05, 0.1) is 18.1 Å². The minimum absolute atomic E-state index is 0.0374. The highest BCUT2D eigenvalue weighted by Crippen LogP contribution is 2.61. The summed E-state index contributed by atoms with van der Waals surface area (Å²) in [6, 6.07) is 0. The lowest BCUT2D eigenvalue weighted by Gasteiger charge is -2.57. The van der Waals surface area contributed by atoms with E-state index in [4.69, 9.17) is 4.74 Å². The van der Waals surface area contributed by atoms with Crippen LogP contribution in [0.2, 0.25) is 0 Å². The van der Waals surface area contributed by atoms with E-state index in [1.54, 1.807) is 6.92 Å². The molecule has 2 rings (SSSR count). The van der Waals surface area contributed by atoms with Gasteiger partial charge in [-0.2, -0.15) is 0 Å². The van der Waals surface area contributed by atoms with Crippen molar-refractivity contribution in [3.05, 3.63) is 37.0 Å². The van der Waals surface area contributed by atoms with E-state index >= 15 is 0 Å². The second-order valence-corrected chi connectivity index (χ2v) is 8.28. The molecule has 0 aromatic heterocycles. The molecule has 0 bridgehead atoms. The van der Waals surface area contributed by atoms with Gasteiger partial charge in [-0.1, -0.05) is 50.3 Å². The van der Waals surface area contributed by atoms with Crippen molar-refractivity contribution in [2.24, 2.45) is 22.7 Å². The Morgan fingerprint density at radius 2 is 2.08 bits per heavy atom. The van der Waals surface area contributed by atoms with Gasteiger partial charge in [-0.15, -0.1) is 0 Å². The van der Waals surface area contributed by atoms with E-state index < -0.39 is 11.0 Å². The van der Waals surface area contributed by atoms with Crippen LogP contribution in [0.1, 0.15) is 52.9 Å². The van der Waals surface area contributed by atoms with Gasteiger partial charge in [0.2, 0.25) is 0 Å². The normalized spacial score (nSPS) is 39.1. The molecule has 0 aliphatic heterocycles. The molecule has 2 aliphatic rings. The summed E-state index contributed by atoms with van der Waals surface area (Å²) in [5.41, 5.74) is -0.303. The van der Waals surface area contributed by atoms with E-state index in [1.165, 1.54) is 18.8 Å². The minimum atomic E-state index is -1.02. The second kappa shape index (κ2) is 6.51. The highest BCUT2D eigenvalue weighted by atomic mass is 16.5. The number of carbonyl (C=O) groups excluding carboxylic acids is 1. The molecule has 0 spiro atoms. The predicted octanol–water partition coefficient (Wildman–Crippen LogP) is 4.43. The lowest BCUT2D eigenvalue weighted by Crippen LogP contribution is -2.53. The Labute approximate surface area is 146 Å². The zero-order valence-corrected chi connectivity index (χ0v) is 15.6. The molecule has 0 aromatic rings. The van der Waals surface area contributed by atoms with Crippen molar-refractivity contribution in [2.75, 3.05) is 7.11 Å². The molecule has 24 heavy (non-hydrogen) atoms. The van der Waals surface area contributed by atoms with Crippen molar-refractivity contribution in [1.82, 2.24) is 0 Å². The van der Waals surface area contributed by atoms with E-state index in [9.17, 15) is 9.90 Å². The number of hydrogen-bond donors (Lipinski definition) is 1. The summed E-state index contributed by atoms with van der Waals surface area (Å²) in [5.74, 6) is 0.332. The number of hydrogen-bond acceptors (Lipinski definition) is 3. The van der Waals surface area contributed by atoms with Crippen molar-refractivity contribution in [3.63, 3.8) is 0 Å². The third-order valence-electron chi connectivity index (χ3n) is 6.57. The molecular weight excluding hydrogens is 300 g/mol. The topological polar surface area (TPSA) is 46.5 Å². The summed E-state index contributed by atoms with van der Waals surface area (Å²) in [6.45, 7) is 14.0. The van der Waals surface area contributed by atoms with Crippen LogP contribution in [0.5, 0.6) is 0 Å². The molecule has 0 aromatic carbocycles. The molecule has 2 aliphatic carbocycles.